The molecule has 3 aromatic carbocycles. The second-order valence-electron chi connectivity index (χ2n) is 13.2. The summed E-state index contributed by atoms with van der Waals surface area (Å²) in [6.45, 7) is 4.43. The summed E-state index contributed by atoms with van der Waals surface area (Å²) < 4.78 is 0. The normalized spacial score (nSPS) is 29.2. The Bertz CT molecular complexity index is 1740. The topological polar surface area (TPSA) is 28.0 Å². The lowest BCUT2D eigenvalue weighted by molar-refractivity contribution is 0.160. The fourth-order valence-corrected chi connectivity index (χ4v) is 8.42. The van der Waals surface area contributed by atoms with E-state index in [0.29, 0.717) is 23.8 Å². The Morgan fingerprint density at radius 2 is 1.57 bits per heavy atom. The Morgan fingerprint density at radius 3 is 2.39 bits per heavy atom. The van der Waals surface area contributed by atoms with E-state index in [1.165, 1.54) is 27.8 Å². The van der Waals surface area contributed by atoms with Crippen LogP contribution in [-0.2, 0) is 6.42 Å². The van der Waals surface area contributed by atoms with Crippen LogP contribution in [0.5, 0.6) is 0 Å². The molecule has 8 rings (SSSR count). The Balaban J connectivity index is 1.15. The lowest BCUT2D eigenvalue weighted by atomic mass is 9.66. The third kappa shape index (κ3) is 4.83. The summed E-state index contributed by atoms with van der Waals surface area (Å²) in [4.78, 5) is 12.9. The maximum atomic E-state index is 5.23. The molecular weight excluding hydrogens is 534 g/mol. The number of hydrogen-bond acceptors (Lipinski definition) is 3. The molecule has 0 bridgehead atoms. The average Bonchev–Trinajstić information content (AvgIpc) is 3.05. The lowest BCUT2D eigenvalue weighted by Crippen LogP contribution is -2.51. The van der Waals surface area contributed by atoms with E-state index in [4.69, 9.17) is 9.98 Å². The molecule has 3 heteroatoms. The van der Waals surface area contributed by atoms with E-state index in [9.17, 15) is 0 Å². The number of nitrogens with zero attached hydrogens (tertiary/aromatic N) is 3. The van der Waals surface area contributed by atoms with E-state index in [2.05, 4.69) is 134 Å². The highest BCUT2D eigenvalue weighted by Gasteiger charge is 2.43. The average molecular weight is 576 g/mol. The van der Waals surface area contributed by atoms with Gasteiger partial charge in [0.25, 0.3) is 0 Å². The first-order chi connectivity index (χ1) is 21.6. The molecule has 2 heterocycles. The van der Waals surface area contributed by atoms with Gasteiger partial charge >= 0.3 is 0 Å². The molecule has 44 heavy (non-hydrogen) atoms. The summed E-state index contributed by atoms with van der Waals surface area (Å²) in [5.74, 6) is 2.47. The number of allylic oxidation sites excluding steroid dienone is 5. The molecule has 0 saturated carbocycles. The van der Waals surface area contributed by atoms with E-state index in [0.717, 1.165) is 43.7 Å². The zero-order valence-corrected chi connectivity index (χ0v) is 25.8. The Morgan fingerprint density at radius 1 is 0.795 bits per heavy atom. The minimum Gasteiger partial charge on any atom is -0.327 e. The molecule has 3 aliphatic carbocycles. The summed E-state index contributed by atoms with van der Waals surface area (Å²) in [7, 11) is 0. The van der Waals surface area contributed by atoms with Crippen molar-refractivity contribution in [1.29, 1.82) is 0 Å². The van der Waals surface area contributed by atoms with Gasteiger partial charge in [-0.05, 0) is 91.7 Å². The summed E-state index contributed by atoms with van der Waals surface area (Å²) in [5.41, 5.74) is 11.2. The van der Waals surface area contributed by atoms with Crippen LogP contribution in [0.15, 0.2) is 136 Å². The van der Waals surface area contributed by atoms with Crippen molar-refractivity contribution >= 4 is 17.1 Å². The van der Waals surface area contributed by atoms with Gasteiger partial charge in [-0.25, -0.2) is 4.99 Å². The summed E-state index contributed by atoms with van der Waals surface area (Å²) >= 11 is 0. The van der Waals surface area contributed by atoms with Crippen molar-refractivity contribution in [2.24, 2.45) is 27.7 Å². The molecule has 0 fully saturated rings. The molecule has 0 aromatic heterocycles. The summed E-state index contributed by atoms with van der Waals surface area (Å²) in [6.07, 6.45) is 18.1. The minimum absolute atomic E-state index is 0.0683. The monoisotopic (exact) mass is 575 g/mol. The van der Waals surface area contributed by atoms with Crippen LogP contribution in [0.4, 0.5) is 0 Å². The molecule has 0 N–H and O–H groups in total. The fraction of sp³-hybridized carbons (Fsp3) is 0.317. The zero-order chi connectivity index (χ0) is 29.6. The van der Waals surface area contributed by atoms with Crippen molar-refractivity contribution in [3.8, 4) is 0 Å². The molecule has 2 aliphatic heterocycles. The van der Waals surface area contributed by atoms with Gasteiger partial charge < -0.3 is 4.90 Å². The van der Waals surface area contributed by atoms with Gasteiger partial charge in [-0.15, -0.1) is 0 Å². The van der Waals surface area contributed by atoms with Crippen molar-refractivity contribution in [3.63, 3.8) is 0 Å². The van der Waals surface area contributed by atoms with Crippen LogP contribution in [-0.4, -0.2) is 28.5 Å². The maximum Gasteiger partial charge on any atom is 0.150 e. The second kappa shape index (κ2) is 11.4. The molecule has 5 aliphatic rings. The Labute approximate surface area is 262 Å². The first-order valence-electron chi connectivity index (χ1n) is 16.5. The molecule has 3 aromatic rings. The van der Waals surface area contributed by atoms with E-state index in [-0.39, 0.29) is 12.2 Å². The van der Waals surface area contributed by atoms with Crippen LogP contribution >= 0.6 is 0 Å². The maximum absolute atomic E-state index is 5.23. The molecular formula is C41H41N3. The van der Waals surface area contributed by atoms with E-state index in [1.54, 1.807) is 11.1 Å². The predicted molar refractivity (Wildman–Crippen MR) is 183 cm³/mol. The highest BCUT2D eigenvalue weighted by molar-refractivity contribution is 6.02. The van der Waals surface area contributed by atoms with Crippen LogP contribution in [0.25, 0.3) is 5.57 Å². The van der Waals surface area contributed by atoms with Crippen molar-refractivity contribution in [3.05, 3.63) is 149 Å². The van der Waals surface area contributed by atoms with Crippen LogP contribution in [0.3, 0.4) is 0 Å². The van der Waals surface area contributed by atoms with Crippen LogP contribution in [0.1, 0.15) is 68.0 Å². The van der Waals surface area contributed by atoms with Gasteiger partial charge in [0, 0.05) is 23.2 Å². The predicted octanol–water partition coefficient (Wildman–Crippen LogP) is 9.16. The van der Waals surface area contributed by atoms with E-state index in [1.807, 2.05) is 0 Å². The minimum atomic E-state index is 0.0683. The van der Waals surface area contributed by atoms with Gasteiger partial charge in [0.15, 0.2) is 6.17 Å². The SMILES string of the molecule is CC1=NC(C)C(C2=CCC(N3C(c4ccccc4)=NC3c3ccccc3)CC2C2C=C3CCc4ccccc4C3=CC2)C=C1. The van der Waals surface area contributed by atoms with Gasteiger partial charge in [-0.3, -0.25) is 4.99 Å². The number of dihydropyridines is 1. The summed E-state index contributed by atoms with van der Waals surface area (Å²) in [6, 6.07) is 31.3. The molecule has 220 valence electrons. The molecule has 6 unspecified atom stereocenters. The Hall–Kier alpha value is -4.24. The van der Waals surface area contributed by atoms with Gasteiger partial charge in [-0.1, -0.05) is 115 Å². The van der Waals surface area contributed by atoms with E-state index >= 15 is 0 Å². The van der Waals surface area contributed by atoms with Crippen molar-refractivity contribution in [2.75, 3.05) is 0 Å². The van der Waals surface area contributed by atoms with Gasteiger partial charge in [-0.2, -0.15) is 0 Å². The zero-order valence-electron chi connectivity index (χ0n) is 25.8. The molecule has 3 nitrogen and oxygen atoms in total. The van der Waals surface area contributed by atoms with Gasteiger partial charge in [0.1, 0.15) is 5.84 Å². The fourth-order valence-electron chi connectivity index (χ4n) is 8.42. The highest BCUT2D eigenvalue weighted by atomic mass is 15.4. The standard InChI is InChI=1S/C41H41N3/c1-27-17-22-35(28(2)42-27)38-24-21-34(44-40(30-12-5-3-6-13-30)43-41(44)31-14-7-4-8-15-31)26-39(38)33-20-23-37-32(25-33)19-18-29-11-9-10-16-36(29)37/h3-17,22-25,28,33-35,39-40H,18-21,26H2,1-2H3. The third-order valence-electron chi connectivity index (χ3n) is 10.6. The quantitative estimate of drug-likeness (QED) is 0.279. The van der Waals surface area contributed by atoms with Crippen LogP contribution in [0.2, 0.25) is 0 Å². The first kappa shape index (κ1) is 27.3. The third-order valence-corrected chi connectivity index (χ3v) is 10.6. The number of fused-ring (bicyclic) bond motifs is 3. The number of aliphatic imine (C=N–C) groups is 2. The molecule has 0 amide bonds. The molecule has 0 saturated heterocycles. The molecule has 6 atom stereocenters. The van der Waals surface area contributed by atoms with Gasteiger partial charge in [0.2, 0.25) is 0 Å². The molecule has 0 radical (unpaired) electrons. The number of rotatable bonds is 5. The van der Waals surface area contributed by atoms with Crippen LogP contribution < -0.4 is 0 Å². The first-order valence-corrected chi connectivity index (χ1v) is 16.5. The van der Waals surface area contributed by atoms with Crippen molar-refractivity contribution in [1.82, 2.24) is 4.90 Å². The van der Waals surface area contributed by atoms with Crippen molar-refractivity contribution in [2.45, 2.75) is 64.2 Å². The summed E-state index contributed by atoms with van der Waals surface area (Å²) in [5, 5.41) is 0. The number of aryl methyl sites for hydroxylation is 1. The van der Waals surface area contributed by atoms with Gasteiger partial charge in [0.05, 0.1) is 6.04 Å². The number of hydrogen-bond donors (Lipinski definition) is 0. The second-order valence-corrected chi connectivity index (χ2v) is 13.2. The van der Waals surface area contributed by atoms with E-state index < -0.39 is 0 Å². The smallest absolute Gasteiger partial charge is 0.150 e. The van der Waals surface area contributed by atoms with Crippen LogP contribution in [0, 0.1) is 17.8 Å². The molecule has 0 spiro atoms. The highest BCUT2D eigenvalue weighted by Crippen LogP contribution is 2.48. The number of amidine groups is 1. The Kier molecular flexibility index (Phi) is 7.05. The number of benzene rings is 3. The largest absolute Gasteiger partial charge is 0.327 e. The lowest BCUT2D eigenvalue weighted by Gasteiger charge is -2.49. The van der Waals surface area contributed by atoms with Crippen molar-refractivity contribution < 1.29 is 0 Å².